The van der Waals surface area contributed by atoms with Crippen LogP contribution in [-0.4, -0.2) is 183 Å². The summed E-state index contributed by atoms with van der Waals surface area (Å²) in [5.41, 5.74) is 17.0. The van der Waals surface area contributed by atoms with Gasteiger partial charge in [-0.1, -0.05) is 0 Å². The third-order valence-corrected chi connectivity index (χ3v) is 8.99. The molecular weight excluding hydrogens is 666 g/mol. The fourth-order valence-electron chi connectivity index (χ4n) is 6.02. The number of nitrogens with two attached hydrogens (primary N) is 3. The maximum atomic E-state index is 12.5. The highest BCUT2D eigenvalue weighted by Crippen LogP contribution is 2.38. The molecule has 14 N–H and O–H groups in total. The molecule has 0 aliphatic carbocycles. The fraction of sp³-hybridized carbons (Fsp3) is 0.821. The Bertz CT molecular complexity index is 1190. The molecule has 0 radical (unpaired) electrons. The number of hydrogen-bond donors (Lipinski definition) is 11. The summed E-state index contributed by atoms with van der Waals surface area (Å²) in [6, 6.07) is -0.945. The number of furan rings is 1. The minimum atomic E-state index is -1.74. The number of epoxide rings is 1. The zero-order chi connectivity index (χ0) is 35.6. The van der Waals surface area contributed by atoms with Gasteiger partial charge in [-0.05, 0) is 12.1 Å². The highest BCUT2D eigenvalue weighted by Gasteiger charge is 2.60. The van der Waals surface area contributed by atoms with Gasteiger partial charge in [-0.2, -0.15) is 0 Å². The van der Waals surface area contributed by atoms with Crippen molar-refractivity contribution in [1.82, 2.24) is 0 Å². The van der Waals surface area contributed by atoms with Crippen LogP contribution >= 0.6 is 0 Å². The first-order valence-corrected chi connectivity index (χ1v) is 15.6. The van der Waals surface area contributed by atoms with Gasteiger partial charge in [-0.3, -0.25) is 0 Å². The zero-order valence-corrected chi connectivity index (χ0v) is 26.1. The van der Waals surface area contributed by atoms with Crippen LogP contribution in [0.1, 0.15) is 5.76 Å². The molecule has 4 fully saturated rings. The van der Waals surface area contributed by atoms with Crippen LogP contribution < -0.4 is 17.2 Å². The van der Waals surface area contributed by atoms with E-state index < -0.39 is 129 Å². The van der Waals surface area contributed by atoms with Crippen LogP contribution in [0.3, 0.4) is 0 Å². The van der Waals surface area contributed by atoms with Gasteiger partial charge in [-0.25, -0.2) is 4.79 Å². The van der Waals surface area contributed by atoms with E-state index in [1.165, 1.54) is 6.26 Å². The molecule has 4 unspecified atom stereocenters. The van der Waals surface area contributed by atoms with Crippen LogP contribution in [0.25, 0.3) is 0 Å². The second-order valence-electron chi connectivity index (χ2n) is 12.3. The van der Waals surface area contributed by atoms with Crippen molar-refractivity contribution >= 4 is 5.97 Å². The summed E-state index contributed by atoms with van der Waals surface area (Å²) in [5.74, 6) is -0.978. The van der Waals surface area contributed by atoms with Gasteiger partial charge in [0.25, 0.3) is 0 Å². The number of rotatable bonds is 15. The van der Waals surface area contributed by atoms with E-state index in [0.29, 0.717) is 5.76 Å². The molecule has 17 atom stereocenters. The van der Waals surface area contributed by atoms with Crippen molar-refractivity contribution in [2.75, 3.05) is 33.0 Å². The van der Waals surface area contributed by atoms with Crippen LogP contribution in [0, 0.1) is 0 Å². The van der Waals surface area contributed by atoms with Gasteiger partial charge in [0.15, 0.2) is 30.6 Å². The lowest BCUT2D eigenvalue weighted by Gasteiger charge is -2.49. The average Bonchev–Trinajstić information content (AvgIpc) is 3.67. The van der Waals surface area contributed by atoms with E-state index >= 15 is 0 Å². The van der Waals surface area contributed by atoms with Crippen LogP contribution in [0.2, 0.25) is 0 Å². The Morgan fingerprint density at radius 3 is 2.00 bits per heavy atom. The van der Waals surface area contributed by atoms with Gasteiger partial charge in [0.1, 0.15) is 67.3 Å². The zero-order valence-electron chi connectivity index (χ0n) is 26.1. The number of aliphatic carboxylic acids is 1. The molecule has 21 heteroatoms. The Morgan fingerprint density at radius 2 is 1.43 bits per heavy atom. The minimum Gasteiger partial charge on any atom is -0.479 e. The Labute approximate surface area is 278 Å². The van der Waals surface area contributed by atoms with Gasteiger partial charge in [0.05, 0.1) is 57.4 Å². The number of ether oxygens (including phenoxy) is 8. The van der Waals surface area contributed by atoms with Crippen LogP contribution in [0.5, 0.6) is 0 Å². The number of carboxylic acid groups (broad SMARTS) is 1. The van der Waals surface area contributed by atoms with E-state index in [0.717, 1.165) is 0 Å². The smallest absolute Gasteiger partial charge is 0.336 e. The summed E-state index contributed by atoms with van der Waals surface area (Å²) in [7, 11) is 0. The van der Waals surface area contributed by atoms with Crippen LogP contribution in [-0.2, 0) is 49.3 Å². The molecule has 0 spiro atoms. The molecule has 4 aliphatic rings. The first kappa shape index (κ1) is 38.3. The van der Waals surface area contributed by atoms with Gasteiger partial charge in [0, 0.05) is 0 Å². The second kappa shape index (κ2) is 16.1. The molecule has 4 saturated heterocycles. The van der Waals surface area contributed by atoms with E-state index in [2.05, 4.69) is 0 Å². The van der Waals surface area contributed by atoms with E-state index in [-0.39, 0.29) is 19.8 Å². The number of aliphatic hydroxyl groups is 7. The van der Waals surface area contributed by atoms with Crippen LogP contribution in [0.4, 0.5) is 0 Å². The average molecular weight is 712 g/mol. The summed E-state index contributed by atoms with van der Waals surface area (Å²) >= 11 is 0. The molecule has 0 bridgehead atoms. The lowest BCUT2D eigenvalue weighted by molar-refractivity contribution is -0.351. The van der Waals surface area contributed by atoms with Gasteiger partial charge < -0.3 is 100 Å². The normalized spacial score (nSPS) is 44.8. The molecule has 5 heterocycles. The summed E-state index contributed by atoms with van der Waals surface area (Å²) in [5, 5.41) is 82.1. The maximum absolute atomic E-state index is 12.5. The third kappa shape index (κ3) is 8.09. The minimum absolute atomic E-state index is 0.0115. The summed E-state index contributed by atoms with van der Waals surface area (Å²) in [4.78, 5) is 12.5. The quantitative estimate of drug-likeness (QED) is 0.0753. The first-order chi connectivity index (χ1) is 23.3. The SMILES string of the molecule is N[C@H]1[C@H](OC2[C@@H](CO)O[C@@H](OC3[C@@H](CO)O[C@@H](O)[C@H](N)[C@H]3OC(C(=O)O)C3(COCc4ccco4)CO3)[C@H](N)[C@H]2O)O[C@H](CO)[C@@H](O)[C@@H]1O. The van der Waals surface area contributed by atoms with Crippen LogP contribution in [0.15, 0.2) is 22.8 Å². The molecule has 0 saturated carbocycles. The monoisotopic (exact) mass is 711 g/mol. The lowest BCUT2D eigenvalue weighted by atomic mass is 9.94. The molecule has 1 aromatic heterocycles. The predicted molar refractivity (Wildman–Crippen MR) is 154 cm³/mol. The van der Waals surface area contributed by atoms with Crippen molar-refractivity contribution in [3.8, 4) is 0 Å². The molecule has 5 rings (SSSR count). The Balaban J connectivity index is 1.31. The Hall–Kier alpha value is -1.97. The van der Waals surface area contributed by atoms with Gasteiger partial charge in [-0.15, -0.1) is 0 Å². The number of hydrogen-bond acceptors (Lipinski definition) is 20. The standard InChI is InChI=1S/C28H45N3O18/c29-14-18(36)17(35)11(4-32)45-26(14)48-20-12(5-33)46-27(15(30)19(20)37)49-21-13(6-34)44-25(40)16(31)22(21)47-23(24(38)39)28(9-43-28)8-41-7-10-2-1-3-42-10/h1-3,11-23,25-27,32-37,40H,4-9,29-31H2,(H,38,39)/t11-,12-,13-,14-,15-,16-,17-,18-,19-,20?,21?,22-,23?,25-,26+,27+,28?/m1/s1. The summed E-state index contributed by atoms with van der Waals surface area (Å²) < 4.78 is 50.8. The van der Waals surface area contributed by atoms with Gasteiger partial charge >= 0.3 is 5.97 Å². The van der Waals surface area contributed by atoms with Crippen molar-refractivity contribution < 1.29 is 88.0 Å². The summed E-state index contributed by atoms with van der Waals surface area (Å²) in [6.45, 7) is -2.55. The Kier molecular flexibility index (Phi) is 12.6. The highest BCUT2D eigenvalue weighted by atomic mass is 16.7. The van der Waals surface area contributed by atoms with E-state index in [9.17, 15) is 45.6 Å². The third-order valence-electron chi connectivity index (χ3n) is 8.99. The number of aliphatic hydroxyl groups excluding tert-OH is 7. The van der Waals surface area contributed by atoms with Crippen molar-refractivity contribution in [1.29, 1.82) is 0 Å². The highest BCUT2D eigenvalue weighted by molar-refractivity contribution is 5.74. The van der Waals surface area contributed by atoms with E-state index in [4.69, 9.17) is 59.5 Å². The molecule has 1 aromatic rings. The number of carboxylic acids is 1. The molecule has 0 amide bonds. The van der Waals surface area contributed by atoms with E-state index in [1.807, 2.05) is 0 Å². The maximum Gasteiger partial charge on any atom is 0.336 e. The lowest BCUT2D eigenvalue weighted by Crippen LogP contribution is -2.70. The van der Waals surface area contributed by atoms with Crippen molar-refractivity contribution in [3.63, 3.8) is 0 Å². The molecule has 49 heavy (non-hydrogen) atoms. The van der Waals surface area contributed by atoms with Gasteiger partial charge in [0.2, 0.25) is 0 Å². The van der Waals surface area contributed by atoms with Crippen molar-refractivity contribution in [2.24, 2.45) is 17.2 Å². The molecule has 0 aromatic carbocycles. The topological polar surface area (TPSA) is 347 Å². The summed E-state index contributed by atoms with van der Waals surface area (Å²) in [6.07, 6.45) is -18.4. The van der Waals surface area contributed by atoms with Crippen molar-refractivity contribution in [2.45, 2.75) is 110 Å². The Morgan fingerprint density at radius 1 is 0.837 bits per heavy atom. The molecule has 4 aliphatic heterocycles. The fourth-order valence-corrected chi connectivity index (χ4v) is 6.02. The predicted octanol–water partition coefficient (Wildman–Crippen LogP) is -6.62. The van der Waals surface area contributed by atoms with E-state index in [1.54, 1.807) is 12.1 Å². The second-order valence-corrected chi connectivity index (χ2v) is 12.3. The molecule has 280 valence electrons. The first-order valence-electron chi connectivity index (χ1n) is 15.6. The number of carbonyl (C=O) groups is 1. The van der Waals surface area contributed by atoms with Crippen molar-refractivity contribution in [3.05, 3.63) is 24.2 Å². The largest absolute Gasteiger partial charge is 0.479 e. The molecular formula is C28H45N3O18. The molecule has 21 nitrogen and oxygen atoms in total.